The van der Waals surface area contributed by atoms with Crippen LogP contribution < -0.4 is 5.32 Å². The van der Waals surface area contributed by atoms with E-state index in [1.165, 1.54) is 0 Å². The first-order chi connectivity index (χ1) is 10.0. The quantitative estimate of drug-likeness (QED) is 0.882. The van der Waals surface area contributed by atoms with Crippen molar-refractivity contribution in [2.45, 2.75) is 20.4 Å². The number of halogens is 1. The zero-order valence-corrected chi connectivity index (χ0v) is 12.7. The number of aromatic nitrogens is 2. The fourth-order valence-corrected chi connectivity index (χ4v) is 2.38. The number of rotatable bonds is 4. The highest BCUT2D eigenvalue weighted by Crippen LogP contribution is 2.19. The van der Waals surface area contributed by atoms with Gasteiger partial charge in [-0.2, -0.15) is 5.10 Å². The summed E-state index contributed by atoms with van der Waals surface area (Å²) >= 11 is 6.16. The molecule has 1 N–H and O–H groups in total. The molecule has 5 heteroatoms. The third-order valence-corrected chi connectivity index (χ3v) is 3.61. The van der Waals surface area contributed by atoms with Crippen molar-refractivity contribution in [3.05, 3.63) is 51.8 Å². The molecule has 2 rings (SSSR count). The van der Waals surface area contributed by atoms with E-state index in [0.717, 1.165) is 11.3 Å². The van der Waals surface area contributed by atoms with Crippen LogP contribution in [0, 0.1) is 26.2 Å². The Bertz CT molecular complexity index is 713. The molecule has 0 unspecified atom stereocenters. The van der Waals surface area contributed by atoms with Crippen LogP contribution in [0.5, 0.6) is 0 Å². The first-order valence-electron chi connectivity index (χ1n) is 6.53. The van der Waals surface area contributed by atoms with Crippen molar-refractivity contribution in [2.75, 3.05) is 6.54 Å². The fraction of sp³-hybridized carbons (Fsp3) is 0.250. The molecule has 0 bridgehead atoms. The van der Waals surface area contributed by atoms with Crippen molar-refractivity contribution in [3.63, 3.8) is 0 Å². The van der Waals surface area contributed by atoms with Crippen LogP contribution in [0.1, 0.15) is 27.3 Å². The molecule has 0 spiro atoms. The minimum absolute atomic E-state index is 0.201. The van der Waals surface area contributed by atoms with Gasteiger partial charge in [0.15, 0.2) is 0 Å². The van der Waals surface area contributed by atoms with Crippen molar-refractivity contribution in [3.8, 4) is 12.3 Å². The van der Waals surface area contributed by atoms with Crippen molar-refractivity contribution in [1.82, 2.24) is 15.1 Å². The first-order valence-corrected chi connectivity index (χ1v) is 6.91. The van der Waals surface area contributed by atoms with Crippen LogP contribution >= 0.6 is 11.6 Å². The largest absolute Gasteiger partial charge is 0.341 e. The summed E-state index contributed by atoms with van der Waals surface area (Å²) in [5, 5.41) is 7.77. The van der Waals surface area contributed by atoms with Gasteiger partial charge in [0.2, 0.25) is 0 Å². The molecule has 1 amide bonds. The van der Waals surface area contributed by atoms with Crippen molar-refractivity contribution in [2.24, 2.45) is 0 Å². The highest BCUT2D eigenvalue weighted by Gasteiger charge is 2.18. The minimum atomic E-state index is -0.201. The van der Waals surface area contributed by atoms with E-state index in [0.29, 0.717) is 22.8 Å². The Morgan fingerprint density at radius 3 is 2.81 bits per heavy atom. The van der Waals surface area contributed by atoms with Gasteiger partial charge < -0.3 is 5.32 Å². The molecule has 1 aromatic heterocycles. The second-order valence-electron chi connectivity index (χ2n) is 4.68. The zero-order valence-electron chi connectivity index (χ0n) is 12.0. The number of nitrogens with one attached hydrogen (secondary N) is 1. The summed E-state index contributed by atoms with van der Waals surface area (Å²) < 4.78 is 1.78. The van der Waals surface area contributed by atoms with Gasteiger partial charge in [-0.05, 0) is 25.5 Å². The van der Waals surface area contributed by atoms with E-state index in [-0.39, 0.29) is 12.5 Å². The van der Waals surface area contributed by atoms with Crippen LogP contribution in [0.2, 0.25) is 5.02 Å². The van der Waals surface area contributed by atoms with Crippen molar-refractivity contribution in [1.29, 1.82) is 0 Å². The molecule has 0 radical (unpaired) electrons. The predicted octanol–water partition coefficient (Wildman–Crippen LogP) is 2.56. The van der Waals surface area contributed by atoms with Gasteiger partial charge in [0.1, 0.15) is 0 Å². The first kappa shape index (κ1) is 15.1. The van der Waals surface area contributed by atoms with Gasteiger partial charge in [-0.1, -0.05) is 35.7 Å². The number of nitrogens with zero attached hydrogens (tertiary/aromatic N) is 2. The van der Waals surface area contributed by atoms with E-state index >= 15 is 0 Å². The average molecular weight is 302 g/mol. The Hall–Kier alpha value is -2.25. The molecule has 1 heterocycles. The van der Waals surface area contributed by atoms with Gasteiger partial charge in [0.25, 0.3) is 5.91 Å². The van der Waals surface area contributed by atoms with Gasteiger partial charge >= 0.3 is 0 Å². The van der Waals surface area contributed by atoms with Gasteiger partial charge in [0, 0.05) is 10.7 Å². The van der Waals surface area contributed by atoms with E-state index < -0.39 is 0 Å². The maximum atomic E-state index is 12.1. The Morgan fingerprint density at radius 2 is 2.14 bits per heavy atom. The van der Waals surface area contributed by atoms with Crippen LogP contribution in [0.15, 0.2) is 24.3 Å². The predicted molar refractivity (Wildman–Crippen MR) is 83.4 cm³/mol. The van der Waals surface area contributed by atoms with Crippen molar-refractivity contribution < 1.29 is 4.79 Å². The summed E-state index contributed by atoms with van der Waals surface area (Å²) in [5.41, 5.74) is 2.99. The van der Waals surface area contributed by atoms with Crippen LogP contribution in [0.3, 0.4) is 0 Å². The summed E-state index contributed by atoms with van der Waals surface area (Å²) in [6.07, 6.45) is 5.15. The summed E-state index contributed by atoms with van der Waals surface area (Å²) in [4.78, 5) is 12.1. The number of carbonyl (C=O) groups excluding carboxylic acids is 1. The second-order valence-corrected chi connectivity index (χ2v) is 5.09. The molecule has 4 nitrogen and oxygen atoms in total. The van der Waals surface area contributed by atoms with Crippen LogP contribution in [0.4, 0.5) is 0 Å². The molecule has 108 valence electrons. The molecule has 2 aromatic rings. The van der Waals surface area contributed by atoms with E-state index in [4.69, 9.17) is 18.0 Å². The molecule has 1 aromatic carbocycles. The number of aryl methyl sites for hydroxylation is 1. The summed E-state index contributed by atoms with van der Waals surface area (Å²) in [7, 11) is 0. The number of hydrogen-bond acceptors (Lipinski definition) is 2. The zero-order chi connectivity index (χ0) is 15.4. The molecule has 0 aliphatic carbocycles. The molecular formula is C16H16ClN3O. The molecular weight excluding hydrogens is 286 g/mol. The number of amides is 1. The molecule has 0 fully saturated rings. The fourth-order valence-electron chi connectivity index (χ4n) is 2.19. The molecule has 0 aliphatic heterocycles. The normalized spacial score (nSPS) is 10.2. The van der Waals surface area contributed by atoms with Crippen LogP contribution in [-0.4, -0.2) is 22.2 Å². The van der Waals surface area contributed by atoms with E-state index in [1.54, 1.807) is 11.6 Å². The van der Waals surface area contributed by atoms with Gasteiger partial charge in [-0.3, -0.25) is 9.48 Å². The topological polar surface area (TPSA) is 46.9 Å². The van der Waals surface area contributed by atoms with Crippen LogP contribution in [-0.2, 0) is 6.54 Å². The summed E-state index contributed by atoms with van der Waals surface area (Å²) in [6, 6.07) is 7.58. The van der Waals surface area contributed by atoms with E-state index in [9.17, 15) is 4.79 Å². The smallest absolute Gasteiger partial charge is 0.255 e. The van der Waals surface area contributed by atoms with E-state index in [1.807, 2.05) is 31.2 Å². The third-order valence-electron chi connectivity index (χ3n) is 3.24. The number of terminal acetylenes is 1. The number of benzene rings is 1. The Kier molecular flexibility index (Phi) is 4.66. The van der Waals surface area contributed by atoms with Crippen molar-refractivity contribution >= 4 is 17.5 Å². The molecule has 0 atom stereocenters. The van der Waals surface area contributed by atoms with Gasteiger partial charge in [0.05, 0.1) is 24.3 Å². The highest BCUT2D eigenvalue weighted by molar-refractivity contribution is 6.31. The Labute approximate surface area is 129 Å². The maximum Gasteiger partial charge on any atom is 0.255 e. The lowest BCUT2D eigenvalue weighted by Gasteiger charge is -2.07. The number of carbonyl (C=O) groups is 1. The van der Waals surface area contributed by atoms with E-state index in [2.05, 4.69) is 16.3 Å². The second kappa shape index (κ2) is 6.47. The lowest BCUT2D eigenvalue weighted by Crippen LogP contribution is -2.24. The summed E-state index contributed by atoms with van der Waals surface area (Å²) in [6.45, 7) is 4.39. The lowest BCUT2D eigenvalue weighted by molar-refractivity contribution is 0.0957. The molecule has 0 saturated carbocycles. The third kappa shape index (κ3) is 3.26. The van der Waals surface area contributed by atoms with Gasteiger partial charge in [-0.15, -0.1) is 6.42 Å². The molecule has 0 aliphatic rings. The van der Waals surface area contributed by atoms with Crippen LogP contribution in [0.25, 0.3) is 0 Å². The highest BCUT2D eigenvalue weighted by atomic mass is 35.5. The molecule has 21 heavy (non-hydrogen) atoms. The standard InChI is InChI=1S/C16H16ClN3O/c1-4-9-18-16(21)15-11(2)19-20(12(15)3)10-13-7-5-6-8-14(13)17/h1,5-8H,9-10H2,2-3H3,(H,18,21). The Morgan fingerprint density at radius 1 is 1.43 bits per heavy atom. The average Bonchev–Trinajstić information content (AvgIpc) is 2.73. The lowest BCUT2D eigenvalue weighted by atomic mass is 10.1. The summed E-state index contributed by atoms with van der Waals surface area (Å²) in [5.74, 6) is 2.18. The maximum absolute atomic E-state index is 12.1. The number of hydrogen-bond donors (Lipinski definition) is 1. The SMILES string of the molecule is C#CCNC(=O)c1c(C)nn(Cc2ccccc2Cl)c1C. The van der Waals surface area contributed by atoms with Gasteiger partial charge in [-0.25, -0.2) is 0 Å². The minimum Gasteiger partial charge on any atom is -0.341 e. The Balaban J connectivity index is 2.29. The monoisotopic (exact) mass is 301 g/mol. The molecule has 0 saturated heterocycles.